The minimum atomic E-state index is -0.661. The van der Waals surface area contributed by atoms with Crippen molar-refractivity contribution >= 4 is 5.91 Å². The minimum absolute atomic E-state index is 0.0442. The molecule has 0 saturated carbocycles. The van der Waals surface area contributed by atoms with Crippen LogP contribution in [0.4, 0.5) is 0 Å². The molecule has 1 aromatic carbocycles. The largest absolute Gasteiger partial charge is 0.396 e. The highest BCUT2D eigenvalue weighted by Gasteiger charge is 2.20. The van der Waals surface area contributed by atoms with Gasteiger partial charge in [0.25, 0.3) is 0 Å². The first-order valence-electron chi connectivity index (χ1n) is 6.28. The quantitative estimate of drug-likeness (QED) is 0.710. The van der Waals surface area contributed by atoms with Crippen molar-refractivity contribution in [1.82, 2.24) is 5.32 Å². The van der Waals surface area contributed by atoms with Gasteiger partial charge in [0.05, 0.1) is 0 Å². The molecular weight excluding hydrogens is 228 g/mol. The second-order valence-corrected chi connectivity index (χ2v) is 4.76. The third-order valence-electron chi connectivity index (χ3n) is 3.01. The first-order chi connectivity index (χ1) is 8.56. The van der Waals surface area contributed by atoms with Crippen LogP contribution in [0.1, 0.15) is 31.9 Å². The molecule has 18 heavy (non-hydrogen) atoms. The van der Waals surface area contributed by atoms with Crippen LogP contribution in [0.2, 0.25) is 0 Å². The highest BCUT2D eigenvalue weighted by atomic mass is 16.3. The molecule has 4 N–H and O–H groups in total. The molecule has 0 bridgehead atoms. The lowest BCUT2D eigenvalue weighted by atomic mass is 10.00. The van der Waals surface area contributed by atoms with Crippen molar-refractivity contribution in [2.45, 2.75) is 32.4 Å². The summed E-state index contributed by atoms with van der Waals surface area (Å²) in [5.74, 6) is 0.0671. The number of aliphatic hydroxyl groups is 1. The van der Waals surface area contributed by atoms with Crippen molar-refractivity contribution < 1.29 is 9.90 Å². The zero-order valence-corrected chi connectivity index (χ0v) is 11.0. The third-order valence-corrected chi connectivity index (χ3v) is 3.01. The Labute approximate surface area is 108 Å². The summed E-state index contributed by atoms with van der Waals surface area (Å²) in [7, 11) is 0. The molecule has 0 radical (unpaired) electrons. The standard InChI is InChI=1S/C14H22N2O2/c1-10(2)12(8-9-17)16-14(18)13(15)11-6-4-3-5-7-11/h3-7,10,12-13,17H,8-9,15H2,1-2H3,(H,16,18). The Morgan fingerprint density at radius 3 is 2.44 bits per heavy atom. The van der Waals surface area contributed by atoms with Crippen LogP contribution in [0, 0.1) is 5.92 Å². The van der Waals surface area contributed by atoms with E-state index in [2.05, 4.69) is 5.32 Å². The molecule has 0 aliphatic rings. The van der Waals surface area contributed by atoms with E-state index >= 15 is 0 Å². The van der Waals surface area contributed by atoms with Crippen LogP contribution in [-0.2, 0) is 4.79 Å². The number of hydrogen-bond acceptors (Lipinski definition) is 3. The van der Waals surface area contributed by atoms with Crippen LogP contribution in [0.5, 0.6) is 0 Å². The Balaban J connectivity index is 2.64. The van der Waals surface area contributed by atoms with Crippen LogP contribution < -0.4 is 11.1 Å². The lowest BCUT2D eigenvalue weighted by molar-refractivity contribution is -0.123. The van der Waals surface area contributed by atoms with E-state index < -0.39 is 6.04 Å². The number of amides is 1. The van der Waals surface area contributed by atoms with Gasteiger partial charge in [0, 0.05) is 12.6 Å². The number of hydrogen-bond donors (Lipinski definition) is 3. The SMILES string of the molecule is CC(C)C(CCO)NC(=O)C(N)c1ccccc1. The van der Waals surface area contributed by atoms with Crippen LogP contribution in [-0.4, -0.2) is 23.7 Å². The number of benzene rings is 1. The van der Waals surface area contributed by atoms with Crippen molar-refractivity contribution in [3.05, 3.63) is 35.9 Å². The Morgan fingerprint density at radius 1 is 1.33 bits per heavy atom. The molecule has 0 saturated heterocycles. The van der Waals surface area contributed by atoms with Crippen molar-refractivity contribution in [2.75, 3.05) is 6.61 Å². The molecule has 0 fully saturated rings. The molecule has 100 valence electrons. The predicted molar refractivity (Wildman–Crippen MR) is 71.8 cm³/mol. The fraction of sp³-hybridized carbons (Fsp3) is 0.500. The van der Waals surface area contributed by atoms with E-state index in [1.807, 2.05) is 44.2 Å². The van der Waals surface area contributed by atoms with Gasteiger partial charge in [-0.15, -0.1) is 0 Å². The van der Waals surface area contributed by atoms with E-state index in [0.29, 0.717) is 6.42 Å². The molecule has 1 amide bonds. The maximum Gasteiger partial charge on any atom is 0.241 e. The Kier molecular flexibility index (Phi) is 5.82. The van der Waals surface area contributed by atoms with Crippen molar-refractivity contribution in [2.24, 2.45) is 11.7 Å². The van der Waals surface area contributed by atoms with E-state index in [4.69, 9.17) is 10.8 Å². The number of rotatable bonds is 6. The monoisotopic (exact) mass is 250 g/mol. The molecular formula is C14H22N2O2. The number of carbonyl (C=O) groups excluding carboxylic acids is 1. The molecule has 0 aromatic heterocycles. The maximum atomic E-state index is 12.0. The molecule has 4 heteroatoms. The second-order valence-electron chi connectivity index (χ2n) is 4.76. The van der Waals surface area contributed by atoms with Gasteiger partial charge in [-0.2, -0.15) is 0 Å². The van der Waals surface area contributed by atoms with Gasteiger partial charge in [-0.25, -0.2) is 0 Å². The van der Waals surface area contributed by atoms with Crippen molar-refractivity contribution in [1.29, 1.82) is 0 Å². The van der Waals surface area contributed by atoms with E-state index in [1.165, 1.54) is 0 Å². The summed E-state index contributed by atoms with van der Waals surface area (Å²) in [4.78, 5) is 12.0. The summed E-state index contributed by atoms with van der Waals surface area (Å²) in [6.45, 7) is 4.08. The topological polar surface area (TPSA) is 75.3 Å². The Hall–Kier alpha value is -1.39. The molecule has 2 atom stereocenters. The maximum absolute atomic E-state index is 12.0. The smallest absolute Gasteiger partial charge is 0.241 e. The number of nitrogens with two attached hydrogens (primary N) is 1. The second kappa shape index (κ2) is 7.13. The molecule has 1 rings (SSSR count). The third kappa shape index (κ3) is 4.13. The average Bonchev–Trinajstić information content (AvgIpc) is 2.38. The average molecular weight is 250 g/mol. The zero-order chi connectivity index (χ0) is 13.5. The fourth-order valence-corrected chi connectivity index (χ4v) is 1.80. The van der Waals surface area contributed by atoms with Gasteiger partial charge in [0.15, 0.2) is 0 Å². The first-order valence-corrected chi connectivity index (χ1v) is 6.28. The molecule has 2 unspecified atom stereocenters. The van der Waals surface area contributed by atoms with Crippen LogP contribution in [0.3, 0.4) is 0 Å². The minimum Gasteiger partial charge on any atom is -0.396 e. The highest BCUT2D eigenvalue weighted by Crippen LogP contribution is 2.12. The lowest BCUT2D eigenvalue weighted by Gasteiger charge is -2.23. The molecule has 1 aromatic rings. The summed E-state index contributed by atoms with van der Waals surface area (Å²) in [5.41, 5.74) is 6.70. The summed E-state index contributed by atoms with van der Waals surface area (Å²) < 4.78 is 0. The van der Waals surface area contributed by atoms with E-state index in [-0.39, 0.29) is 24.5 Å². The number of aliphatic hydroxyl groups excluding tert-OH is 1. The summed E-state index contributed by atoms with van der Waals surface area (Å²) in [5, 5.41) is 11.9. The highest BCUT2D eigenvalue weighted by molar-refractivity contribution is 5.83. The van der Waals surface area contributed by atoms with Gasteiger partial charge in [-0.1, -0.05) is 44.2 Å². The molecule has 0 spiro atoms. The van der Waals surface area contributed by atoms with E-state index in [9.17, 15) is 4.79 Å². The van der Waals surface area contributed by atoms with E-state index in [0.717, 1.165) is 5.56 Å². The predicted octanol–water partition coefficient (Wildman–Crippen LogP) is 1.21. The van der Waals surface area contributed by atoms with Crippen LogP contribution in [0.25, 0.3) is 0 Å². The van der Waals surface area contributed by atoms with Crippen molar-refractivity contribution in [3.8, 4) is 0 Å². The molecule has 0 heterocycles. The van der Waals surface area contributed by atoms with Gasteiger partial charge < -0.3 is 16.2 Å². The Bertz CT molecular complexity index is 365. The number of carbonyl (C=O) groups is 1. The van der Waals surface area contributed by atoms with Crippen LogP contribution >= 0.6 is 0 Å². The summed E-state index contributed by atoms with van der Waals surface area (Å²) in [6.07, 6.45) is 0.547. The lowest BCUT2D eigenvalue weighted by Crippen LogP contribution is -2.43. The molecule has 4 nitrogen and oxygen atoms in total. The van der Waals surface area contributed by atoms with E-state index in [1.54, 1.807) is 0 Å². The fourth-order valence-electron chi connectivity index (χ4n) is 1.80. The Morgan fingerprint density at radius 2 is 1.94 bits per heavy atom. The zero-order valence-electron chi connectivity index (χ0n) is 11.0. The van der Waals surface area contributed by atoms with Gasteiger partial charge in [0.2, 0.25) is 5.91 Å². The summed E-state index contributed by atoms with van der Waals surface area (Å²) >= 11 is 0. The van der Waals surface area contributed by atoms with Crippen molar-refractivity contribution in [3.63, 3.8) is 0 Å². The summed E-state index contributed by atoms with van der Waals surface area (Å²) in [6, 6.07) is 8.56. The number of nitrogens with one attached hydrogen (secondary N) is 1. The normalized spacial score (nSPS) is 14.3. The van der Waals surface area contributed by atoms with Gasteiger partial charge >= 0.3 is 0 Å². The van der Waals surface area contributed by atoms with Crippen LogP contribution in [0.15, 0.2) is 30.3 Å². The molecule has 0 aliphatic heterocycles. The molecule has 0 aliphatic carbocycles. The van der Waals surface area contributed by atoms with Gasteiger partial charge in [-0.05, 0) is 17.9 Å². The van der Waals surface area contributed by atoms with Gasteiger partial charge in [0.1, 0.15) is 6.04 Å². The van der Waals surface area contributed by atoms with Gasteiger partial charge in [-0.3, -0.25) is 4.79 Å². The first kappa shape index (κ1) is 14.7.